The molecule has 1 atom stereocenters. The minimum Gasteiger partial charge on any atom is -0.399 e. The van der Waals surface area contributed by atoms with Crippen molar-refractivity contribution in [3.8, 4) is 0 Å². The van der Waals surface area contributed by atoms with Crippen LogP contribution in [0.3, 0.4) is 0 Å². The number of benzene rings is 2. The number of halogens is 1. The van der Waals surface area contributed by atoms with Crippen molar-refractivity contribution in [1.82, 2.24) is 5.32 Å². The number of aryl methyl sites for hydroxylation is 2. The summed E-state index contributed by atoms with van der Waals surface area (Å²) in [6.07, 6.45) is 3.94. The molecule has 2 aromatic carbocycles. The van der Waals surface area contributed by atoms with Crippen LogP contribution in [-0.4, -0.2) is 20.6 Å². The monoisotopic (exact) mass is 394 g/mol. The van der Waals surface area contributed by atoms with Gasteiger partial charge in [-0.15, -0.1) is 12.4 Å². The zero-order chi connectivity index (χ0) is 18.2. The van der Waals surface area contributed by atoms with Crippen molar-refractivity contribution in [2.45, 2.75) is 37.1 Å². The van der Waals surface area contributed by atoms with Crippen LogP contribution in [0.1, 0.15) is 45.9 Å². The maximum absolute atomic E-state index is 12.6. The van der Waals surface area contributed by atoms with E-state index in [4.69, 9.17) is 5.73 Å². The molecule has 0 fully saturated rings. The zero-order valence-electron chi connectivity index (χ0n) is 14.8. The first-order valence-electron chi connectivity index (χ1n) is 8.25. The predicted molar refractivity (Wildman–Crippen MR) is 106 cm³/mol. The molecule has 2 aromatic rings. The van der Waals surface area contributed by atoms with Crippen LogP contribution in [0, 0.1) is 6.92 Å². The summed E-state index contributed by atoms with van der Waals surface area (Å²) in [6, 6.07) is 10.5. The Morgan fingerprint density at radius 3 is 2.62 bits per heavy atom. The second-order valence-electron chi connectivity index (χ2n) is 6.63. The van der Waals surface area contributed by atoms with Gasteiger partial charge in [0.15, 0.2) is 9.84 Å². The van der Waals surface area contributed by atoms with Gasteiger partial charge >= 0.3 is 0 Å². The molecule has 1 unspecified atom stereocenters. The molecule has 26 heavy (non-hydrogen) atoms. The predicted octanol–water partition coefficient (Wildman–Crippen LogP) is 3.21. The molecule has 140 valence electrons. The molecule has 0 bridgehead atoms. The van der Waals surface area contributed by atoms with Gasteiger partial charge in [0.05, 0.1) is 10.9 Å². The molecule has 0 saturated heterocycles. The van der Waals surface area contributed by atoms with Gasteiger partial charge in [0.2, 0.25) is 0 Å². The van der Waals surface area contributed by atoms with Gasteiger partial charge in [-0.25, -0.2) is 8.42 Å². The second kappa shape index (κ2) is 7.68. The van der Waals surface area contributed by atoms with Gasteiger partial charge in [0.1, 0.15) is 0 Å². The van der Waals surface area contributed by atoms with E-state index in [9.17, 15) is 13.2 Å². The van der Waals surface area contributed by atoms with Crippen LogP contribution in [0.4, 0.5) is 5.69 Å². The summed E-state index contributed by atoms with van der Waals surface area (Å²) in [4.78, 5) is 12.8. The molecule has 0 aliphatic heterocycles. The standard InChI is InChI=1S/C19H22N2O3S.ClH/c1-12-6-7-14(11-18(12)25(2,23)24)19(22)21-17-5-3-4-13-10-15(20)8-9-16(13)17;/h6-11,17H,3-5,20H2,1-2H3,(H,21,22);1H. The number of amides is 1. The molecule has 0 radical (unpaired) electrons. The first-order valence-corrected chi connectivity index (χ1v) is 10.1. The molecular weight excluding hydrogens is 372 g/mol. The molecule has 3 rings (SSSR count). The summed E-state index contributed by atoms with van der Waals surface area (Å²) >= 11 is 0. The van der Waals surface area contributed by atoms with E-state index in [0.717, 1.165) is 42.3 Å². The van der Waals surface area contributed by atoms with Crippen LogP contribution in [0.25, 0.3) is 0 Å². The lowest BCUT2D eigenvalue weighted by Gasteiger charge is -2.26. The number of rotatable bonds is 3. The molecule has 5 nitrogen and oxygen atoms in total. The van der Waals surface area contributed by atoms with Crippen LogP contribution < -0.4 is 11.1 Å². The average Bonchev–Trinajstić information content (AvgIpc) is 2.54. The Morgan fingerprint density at radius 2 is 1.92 bits per heavy atom. The lowest BCUT2D eigenvalue weighted by molar-refractivity contribution is 0.0932. The smallest absolute Gasteiger partial charge is 0.251 e. The quantitative estimate of drug-likeness (QED) is 0.782. The second-order valence-corrected chi connectivity index (χ2v) is 8.61. The summed E-state index contributed by atoms with van der Waals surface area (Å²) < 4.78 is 23.7. The van der Waals surface area contributed by atoms with E-state index in [1.807, 2.05) is 18.2 Å². The summed E-state index contributed by atoms with van der Waals surface area (Å²) in [5, 5.41) is 3.03. The molecular formula is C19H23ClN2O3S. The van der Waals surface area contributed by atoms with Crippen molar-refractivity contribution in [2.24, 2.45) is 0 Å². The molecule has 0 aromatic heterocycles. The highest BCUT2D eigenvalue weighted by Crippen LogP contribution is 2.31. The fourth-order valence-corrected chi connectivity index (χ4v) is 4.36. The van der Waals surface area contributed by atoms with Gasteiger partial charge in [0, 0.05) is 17.5 Å². The van der Waals surface area contributed by atoms with Crippen molar-refractivity contribution in [1.29, 1.82) is 0 Å². The number of anilines is 1. The highest BCUT2D eigenvalue weighted by Gasteiger charge is 2.23. The number of nitrogen functional groups attached to an aromatic ring is 1. The fraction of sp³-hybridized carbons (Fsp3) is 0.316. The van der Waals surface area contributed by atoms with Crippen LogP contribution in [0.15, 0.2) is 41.3 Å². The summed E-state index contributed by atoms with van der Waals surface area (Å²) in [5.74, 6) is -0.264. The van der Waals surface area contributed by atoms with E-state index in [-0.39, 0.29) is 29.3 Å². The summed E-state index contributed by atoms with van der Waals surface area (Å²) in [6.45, 7) is 1.72. The minimum absolute atomic E-state index is 0. The van der Waals surface area contributed by atoms with E-state index < -0.39 is 9.84 Å². The SMILES string of the molecule is Cc1ccc(C(=O)NC2CCCc3cc(N)ccc32)cc1S(C)(=O)=O.Cl. The zero-order valence-corrected chi connectivity index (χ0v) is 16.4. The average molecular weight is 395 g/mol. The largest absolute Gasteiger partial charge is 0.399 e. The molecule has 0 spiro atoms. The highest BCUT2D eigenvalue weighted by molar-refractivity contribution is 7.90. The van der Waals surface area contributed by atoms with E-state index in [1.165, 1.54) is 6.07 Å². The van der Waals surface area contributed by atoms with Gasteiger partial charge in [-0.05, 0) is 67.1 Å². The third kappa shape index (κ3) is 4.19. The number of carbonyl (C=O) groups excluding carboxylic acids is 1. The number of hydrogen-bond donors (Lipinski definition) is 2. The Labute approximate surface area is 160 Å². The van der Waals surface area contributed by atoms with Gasteiger partial charge in [0.25, 0.3) is 5.91 Å². The topological polar surface area (TPSA) is 89.3 Å². The van der Waals surface area contributed by atoms with Crippen LogP contribution in [0.5, 0.6) is 0 Å². The molecule has 1 aliphatic carbocycles. The van der Waals surface area contributed by atoms with Gasteiger partial charge in [-0.2, -0.15) is 0 Å². The molecule has 1 aliphatic rings. The Morgan fingerprint density at radius 1 is 1.19 bits per heavy atom. The van der Waals surface area contributed by atoms with Crippen LogP contribution >= 0.6 is 12.4 Å². The van der Waals surface area contributed by atoms with E-state index in [2.05, 4.69) is 5.32 Å². The molecule has 7 heteroatoms. The number of sulfone groups is 1. The minimum atomic E-state index is -3.37. The van der Waals surface area contributed by atoms with Crippen molar-refractivity contribution in [2.75, 3.05) is 12.0 Å². The number of carbonyl (C=O) groups is 1. The summed E-state index contributed by atoms with van der Waals surface area (Å²) in [5.41, 5.74) is 9.81. The van der Waals surface area contributed by atoms with Crippen molar-refractivity contribution < 1.29 is 13.2 Å². The van der Waals surface area contributed by atoms with Gasteiger partial charge < -0.3 is 11.1 Å². The number of hydrogen-bond acceptors (Lipinski definition) is 4. The molecule has 1 amide bonds. The maximum atomic E-state index is 12.6. The van der Waals surface area contributed by atoms with Gasteiger partial charge in [-0.3, -0.25) is 4.79 Å². The highest BCUT2D eigenvalue weighted by atomic mass is 35.5. The lowest BCUT2D eigenvalue weighted by Crippen LogP contribution is -2.31. The molecule has 0 heterocycles. The summed E-state index contributed by atoms with van der Waals surface area (Å²) in [7, 11) is -3.37. The van der Waals surface area contributed by atoms with Crippen LogP contribution in [0.2, 0.25) is 0 Å². The maximum Gasteiger partial charge on any atom is 0.251 e. The number of fused-ring (bicyclic) bond motifs is 1. The van der Waals surface area contributed by atoms with Crippen molar-refractivity contribution in [3.05, 3.63) is 58.7 Å². The Bertz CT molecular complexity index is 942. The third-order valence-electron chi connectivity index (χ3n) is 4.64. The number of nitrogens with two attached hydrogens (primary N) is 1. The van der Waals surface area contributed by atoms with E-state index >= 15 is 0 Å². The Kier molecular flexibility index (Phi) is 5.98. The van der Waals surface area contributed by atoms with Gasteiger partial charge in [-0.1, -0.05) is 12.1 Å². The lowest BCUT2D eigenvalue weighted by atomic mass is 9.87. The normalized spacial score (nSPS) is 16.3. The molecule has 3 N–H and O–H groups in total. The fourth-order valence-electron chi connectivity index (χ4n) is 3.37. The number of nitrogens with one attached hydrogen (secondary N) is 1. The Balaban J connectivity index is 0.00000243. The Hall–Kier alpha value is -2.05. The van der Waals surface area contributed by atoms with Crippen molar-refractivity contribution >= 4 is 33.8 Å². The first-order chi connectivity index (χ1) is 11.8. The van der Waals surface area contributed by atoms with Crippen LogP contribution in [-0.2, 0) is 16.3 Å². The third-order valence-corrected chi connectivity index (χ3v) is 5.88. The van der Waals surface area contributed by atoms with E-state index in [1.54, 1.807) is 19.1 Å². The molecule has 0 saturated carbocycles. The van der Waals surface area contributed by atoms with E-state index in [0.29, 0.717) is 11.1 Å². The van der Waals surface area contributed by atoms with Crippen molar-refractivity contribution in [3.63, 3.8) is 0 Å². The first kappa shape index (κ1) is 20.3.